The fraction of sp³-hybridized carbons (Fsp3) is 0.478. The summed E-state index contributed by atoms with van der Waals surface area (Å²) in [6.45, 7) is 9.11. The number of allylic oxidation sites excluding steroid dienone is 3. The van der Waals surface area contributed by atoms with Gasteiger partial charge < -0.3 is 21.1 Å². The number of piperazine rings is 1. The average Bonchev–Trinajstić information content (AvgIpc) is 3.23. The number of nitrogens with zero attached hydrogens (tertiary/aromatic N) is 4. The number of ether oxygens (including phenoxy) is 1. The van der Waals surface area contributed by atoms with E-state index < -0.39 is 5.60 Å². The van der Waals surface area contributed by atoms with Crippen LogP contribution in [0.4, 0.5) is 10.5 Å². The molecule has 8 nitrogen and oxygen atoms in total. The Morgan fingerprint density at radius 2 is 1.94 bits per heavy atom. The van der Waals surface area contributed by atoms with Gasteiger partial charge in [-0.2, -0.15) is 5.10 Å². The van der Waals surface area contributed by atoms with E-state index in [1.807, 2.05) is 61.6 Å². The third kappa shape index (κ3) is 4.19. The largest absolute Gasteiger partial charge is 0.444 e. The number of carbonyl (C=O) groups excluding carboxylic acids is 1. The Morgan fingerprint density at radius 1 is 1.26 bits per heavy atom. The highest BCUT2D eigenvalue weighted by Crippen LogP contribution is 2.35. The first-order chi connectivity index (χ1) is 14.7. The maximum absolute atomic E-state index is 12.8. The first-order valence-electron chi connectivity index (χ1n) is 10.8. The minimum absolute atomic E-state index is 0.151. The summed E-state index contributed by atoms with van der Waals surface area (Å²) in [5, 5.41) is 4.48. The van der Waals surface area contributed by atoms with E-state index in [0.29, 0.717) is 5.70 Å². The summed E-state index contributed by atoms with van der Waals surface area (Å²) in [5.74, 6) is 0. The van der Waals surface area contributed by atoms with Crippen LogP contribution in [0.3, 0.4) is 0 Å². The second-order valence-corrected chi connectivity index (χ2v) is 9.46. The predicted octanol–water partition coefficient (Wildman–Crippen LogP) is 3.08. The van der Waals surface area contributed by atoms with E-state index in [2.05, 4.69) is 16.1 Å². The maximum atomic E-state index is 12.8. The smallest absolute Gasteiger partial charge is 0.410 e. The molecule has 0 radical (unpaired) electrons. The van der Waals surface area contributed by atoms with E-state index in [1.54, 1.807) is 6.20 Å². The molecule has 4 N–H and O–H groups in total. The van der Waals surface area contributed by atoms with Crippen molar-refractivity contribution in [3.05, 3.63) is 48.1 Å². The van der Waals surface area contributed by atoms with Gasteiger partial charge in [0.2, 0.25) is 0 Å². The molecule has 2 atom stereocenters. The van der Waals surface area contributed by atoms with Gasteiger partial charge in [-0.3, -0.25) is 4.90 Å². The lowest BCUT2D eigenvalue weighted by Gasteiger charge is -2.42. The van der Waals surface area contributed by atoms with Crippen molar-refractivity contribution >= 4 is 22.9 Å². The van der Waals surface area contributed by atoms with Crippen molar-refractivity contribution in [2.24, 2.45) is 11.5 Å². The number of amides is 1. The fourth-order valence-electron chi connectivity index (χ4n) is 4.61. The molecule has 2 unspecified atom stereocenters. The van der Waals surface area contributed by atoms with Crippen molar-refractivity contribution in [1.82, 2.24) is 14.5 Å². The molecule has 2 aromatic heterocycles. The van der Waals surface area contributed by atoms with Gasteiger partial charge in [0.25, 0.3) is 0 Å². The molecular formula is C23H32N6O2. The third-order valence-electron chi connectivity index (χ3n) is 5.81. The number of anilines is 1. The molecule has 4 heterocycles. The molecule has 0 aliphatic carbocycles. The Balaban J connectivity index is 1.61. The Bertz CT molecular complexity index is 1030. The van der Waals surface area contributed by atoms with Gasteiger partial charge in [-0.15, -0.1) is 0 Å². The van der Waals surface area contributed by atoms with Crippen LogP contribution in [0.1, 0.15) is 46.1 Å². The highest BCUT2D eigenvalue weighted by Gasteiger charge is 2.44. The number of carbonyl (C=O) groups is 1. The van der Waals surface area contributed by atoms with Crippen molar-refractivity contribution in [3.8, 4) is 0 Å². The fourth-order valence-corrected chi connectivity index (χ4v) is 4.61. The van der Waals surface area contributed by atoms with Crippen LogP contribution in [0.2, 0.25) is 0 Å². The van der Waals surface area contributed by atoms with Gasteiger partial charge in [0.05, 0.1) is 23.3 Å². The van der Waals surface area contributed by atoms with Gasteiger partial charge in [0.1, 0.15) is 5.60 Å². The zero-order chi connectivity index (χ0) is 22.3. The molecule has 0 aromatic carbocycles. The summed E-state index contributed by atoms with van der Waals surface area (Å²) in [5.41, 5.74) is 15.8. The summed E-state index contributed by atoms with van der Waals surface area (Å²) in [4.78, 5) is 17.1. The molecular weight excluding hydrogens is 392 g/mol. The zero-order valence-corrected chi connectivity index (χ0v) is 18.7. The van der Waals surface area contributed by atoms with Crippen LogP contribution in [0.5, 0.6) is 0 Å². The molecule has 2 aromatic rings. The Hall–Kier alpha value is -3.16. The Labute approximate surface area is 183 Å². The van der Waals surface area contributed by atoms with E-state index in [4.69, 9.17) is 16.2 Å². The van der Waals surface area contributed by atoms with Crippen LogP contribution in [-0.2, 0) is 4.74 Å². The van der Waals surface area contributed by atoms with Gasteiger partial charge >= 0.3 is 6.09 Å². The van der Waals surface area contributed by atoms with Crippen LogP contribution in [0.25, 0.3) is 11.1 Å². The number of hydrogen-bond donors (Lipinski definition) is 2. The molecule has 2 aliphatic rings. The van der Waals surface area contributed by atoms with Gasteiger partial charge in [-0.1, -0.05) is 0 Å². The van der Waals surface area contributed by atoms with Gasteiger partial charge in [-0.05, 0) is 58.7 Å². The molecule has 1 amide bonds. The minimum Gasteiger partial charge on any atom is -0.444 e. The summed E-state index contributed by atoms with van der Waals surface area (Å²) in [6, 6.07) is 4.43. The van der Waals surface area contributed by atoms with E-state index in [0.717, 1.165) is 48.3 Å². The number of nitrogens with two attached hydrogens (primary N) is 2. The summed E-state index contributed by atoms with van der Waals surface area (Å²) in [6.07, 6.45) is 8.97. The molecule has 4 rings (SSSR count). The number of hydrogen-bond acceptors (Lipinski definition) is 6. The standard InChI is InChI=1S/C23H32N6O2/c1-15(25)9-16(11-24)17-10-21-20(7-8-26-28(21)12-17)27-13-18-5-6-19(14-27)29(18)22(30)31-23(2,3)4/h7-12,18-19H,5-6,13-14,24-25H2,1-4H3/b15-9-,16-11+. The molecule has 0 saturated carbocycles. The van der Waals surface area contributed by atoms with E-state index in [-0.39, 0.29) is 18.2 Å². The minimum atomic E-state index is -0.488. The van der Waals surface area contributed by atoms with Gasteiger partial charge in [0, 0.05) is 48.5 Å². The van der Waals surface area contributed by atoms with Crippen molar-refractivity contribution in [2.75, 3.05) is 18.0 Å². The normalized spacial score (nSPS) is 22.3. The SMILES string of the molecule is C/C(N)=C/C(=C\N)c1cc2c(N3CC4CCC(C3)N4C(=O)OC(C)(C)C)ccnn2c1. The summed E-state index contributed by atoms with van der Waals surface area (Å²) in [7, 11) is 0. The van der Waals surface area contributed by atoms with Crippen LogP contribution >= 0.6 is 0 Å². The lowest BCUT2D eigenvalue weighted by molar-refractivity contribution is 0.0123. The molecule has 2 saturated heterocycles. The quantitative estimate of drug-likeness (QED) is 0.734. The van der Waals surface area contributed by atoms with Crippen molar-refractivity contribution in [2.45, 2.75) is 58.2 Å². The second kappa shape index (κ2) is 7.83. The molecule has 2 fully saturated rings. The van der Waals surface area contributed by atoms with Crippen molar-refractivity contribution in [3.63, 3.8) is 0 Å². The van der Waals surface area contributed by atoms with Gasteiger partial charge in [0.15, 0.2) is 0 Å². The molecule has 166 valence electrons. The molecule has 8 heteroatoms. The van der Waals surface area contributed by atoms with E-state index >= 15 is 0 Å². The van der Waals surface area contributed by atoms with Crippen LogP contribution in [0.15, 0.2) is 42.5 Å². The molecule has 31 heavy (non-hydrogen) atoms. The topological polar surface area (TPSA) is 102 Å². The molecule has 2 aliphatic heterocycles. The first kappa shape index (κ1) is 21.1. The number of rotatable bonds is 3. The monoisotopic (exact) mass is 424 g/mol. The molecule has 0 spiro atoms. The maximum Gasteiger partial charge on any atom is 0.410 e. The van der Waals surface area contributed by atoms with E-state index in [9.17, 15) is 4.79 Å². The first-order valence-corrected chi connectivity index (χ1v) is 10.8. The van der Waals surface area contributed by atoms with Gasteiger partial charge in [-0.25, -0.2) is 9.31 Å². The predicted molar refractivity (Wildman–Crippen MR) is 122 cm³/mol. The number of aromatic nitrogens is 2. The highest BCUT2D eigenvalue weighted by atomic mass is 16.6. The third-order valence-corrected chi connectivity index (χ3v) is 5.81. The van der Waals surface area contributed by atoms with Crippen LogP contribution in [-0.4, -0.2) is 51.4 Å². The second-order valence-electron chi connectivity index (χ2n) is 9.46. The lowest BCUT2D eigenvalue weighted by atomic mass is 10.1. The van der Waals surface area contributed by atoms with Crippen molar-refractivity contribution < 1.29 is 9.53 Å². The van der Waals surface area contributed by atoms with E-state index in [1.165, 1.54) is 0 Å². The van der Waals surface area contributed by atoms with Crippen molar-refractivity contribution in [1.29, 1.82) is 0 Å². The zero-order valence-electron chi connectivity index (χ0n) is 18.7. The highest BCUT2D eigenvalue weighted by molar-refractivity contribution is 5.82. The lowest BCUT2D eigenvalue weighted by Crippen LogP contribution is -2.56. The van der Waals surface area contributed by atoms with Crippen LogP contribution in [0, 0.1) is 0 Å². The molecule has 2 bridgehead atoms. The summed E-state index contributed by atoms with van der Waals surface area (Å²) >= 11 is 0. The van der Waals surface area contributed by atoms with Crippen LogP contribution < -0.4 is 16.4 Å². The average molecular weight is 425 g/mol. The summed E-state index contributed by atoms with van der Waals surface area (Å²) < 4.78 is 7.53. The Kier molecular flexibility index (Phi) is 5.33. The number of fused-ring (bicyclic) bond motifs is 3. The Morgan fingerprint density at radius 3 is 2.52 bits per heavy atom.